The molecule has 1 fully saturated rings. The second kappa shape index (κ2) is 9.04. The molecule has 24 heavy (non-hydrogen) atoms. The molecule has 0 radical (unpaired) electrons. The summed E-state index contributed by atoms with van der Waals surface area (Å²) in [6, 6.07) is 29.3. The van der Waals surface area contributed by atoms with Crippen LogP contribution < -0.4 is 0 Å². The van der Waals surface area contributed by atoms with Gasteiger partial charge in [0.05, 0.1) is 0 Å². The van der Waals surface area contributed by atoms with Gasteiger partial charge in [0.2, 0.25) is 0 Å². The van der Waals surface area contributed by atoms with Gasteiger partial charge in [-0.3, -0.25) is 0 Å². The fourth-order valence-electron chi connectivity index (χ4n) is 3.03. The molecule has 0 saturated heterocycles. The standard InChI is InChI=1S/C13H9.C5H8.C5H5.Zr/c1-3-7-12-10(5-1)9-11-6-2-4-8-13(11)12;2*1-2-4-5-3-1;/h1-9H;1-4H2;1-5H;/q-1;;-1;+2. The summed E-state index contributed by atoms with van der Waals surface area (Å²) in [5.41, 5.74) is 0. The maximum Gasteiger partial charge on any atom is -0.0771 e. The number of hydrogen-bond acceptors (Lipinski definition) is 0. The first kappa shape index (κ1) is 17.2. The van der Waals surface area contributed by atoms with Gasteiger partial charge in [-0.05, 0) is 0 Å². The zero-order chi connectivity index (χ0) is 16.6. The first-order valence-electron chi connectivity index (χ1n) is 8.61. The van der Waals surface area contributed by atoms with Gasteiger partial charge in [0, 0.05) is 0 Å². The predicted molar refractivity (Wildman–Crippen MR) is 103 cm³/mol. The maximum atomic E-state index is 2.24. The van der Waals surface area contributed by atoms with Gasteiger partial charge in [-0.2, -0.15) is 18.2 Å². The summed E-state index contributed by atoms with van der Waals surface area (Å²) in [6.07, 6.45) is 5.83. The Bertz CT molecular complexity index is 805. The molecule has 1 aliphatic rings. The zero-order valence-electron chi connectivity index (χ0n) is 13.9. The van der Waals surface area contributed by atoms with Crippen LogP contribution in [0.3, 0.4) is 0 Å². The number of benzene rings is 2. The van der Waals surface area contributed by atoms with Crippen molar-refractivity contribution in [1.29, 1.82) is 0 Å². The van der Waals surface area contributed by atoms with Gasteiger partial charge in [0.1, 0.15) is 0 Å². The Morgan fingerprint density at radius 1 is 0.667 bits per heavy atom. The van der Waals surface area contributed by atoms with Crippen LogP contribution >= 0.6 is 0 Å². The molecule has 0 atom stereocenters. The summed E-state index contributed by atoms with van der Waals surface area (Å²) in [6.45, 7) is 0. The van der Waals surface area contributed by atoms with Gasteiger partial charge in [0.15, 0.2) is 0 Å². The van der Waals surface area contributed by atoms with Gasteiger partial charge in [-0.1, -0.05) is 36.4 Å². The molecule has 0 spiro atoms. The second-order valence-electron chi connectivity index (χ2n) is 6.09. The summed E-state index contributed by atoms with van der Waals surface area (Å²) in [5.74, 6) is 0. The van der Waals surface area contributed by atoms with Gasteiger partial charge in [-0.15, -0.1) is 39.7 Å². The van der Waals surface area contributed by atoms with Crippen LogP contribution in [-0.2, 0) is 24.2 Å². The monoisotopic (exact) mass is 388 g/mol. The van der Waals surface area contributed by atoms with Gasteiger partial charge >= 0.3 is 53.1 Å². The van der Waals surface area contributed by atoms with E-state index in [0.29, 0.717) is 0 Å². The minimum Gasteiger partial charge on any atom is -0.214 e. The molecule has 0 aliphatic heterocycles. The van der Waals surface area contributed by atoms with Crippen molar-refractivity contribution in [1.82, 2.24) is 0 Å². The molecule has 1 heteroatoms. The van der Waals surface area contributed by atoms with E-state index in [9.17, 15) is 0 Å². The molecule has 4 aromatic carbocycles. The van der Waals surface area contributed by atoms with Crippen molar-refractivity contribution in [2.75, 3.05) is 0 Å². The largest absolute Gasteiger partial charge is 0.214 e. The van der Waals surface area contributed by atoms with Crippen LogP contribution in [0.1, 0.15) is 25.7 Å². The molecular formula is C23H22Zr. The Morgan fingerprint density at radius 2 is 1.17 bits per heavy atom. The van der Waals surface area contributed by atoms with E-state index >= 15 is 0 Å². The van der Waals surface area contributed by atoms with Crippen molar-refractivity contribution in [3.05, 3.63) is 84.9 Å². The summed E-state index contributed by atoms with van der Waals surface area (Å²) >= 11 is 1.68. The molecule has 0 aromatic heterocycles. The number of fused-ring (bicyclic) bond motifs is 3. The topological polar surface area (TPSA) is 0 Å². The minimum atomic E-state index is 1.34. The Kier molecular flexibility index (Phi) is 6.50. The van der Waals surface area contributed by atoms with Crippen molar-refractivity contribution in [3.63, 3.8) is 0 Å². The first-order valence-corrected chi connectivity index (χ1v) is 9.83. The van der Waals surface area contributed by atoms with E-state index in [1.54, 1.807) is 27.4 Å². The molecule has 0 nitrogen and oxygen atoms in total. The molecule has 0 bridgehead atoms. The van der Waals surface area contributed by atoms with E-state index in [-0.39, 0.29) is 0 Å². The smallest absolute Gasteiger partial charge is 0.0771 e. The van der Waals surface area contributed by atoms with Crippen LogP contribution in [0.15, 0.2) is 84.9 Å². The van der Waals surface area contributed by atoms with Crippen LogP contribution in [0.25, 0.3) is 21.5 Å². The molecule has 0 unspecified atom stereocenters. The third-order valence-corrected chi connectivity index (χ3v) is 5.51. The molecule has 4 aromatic rings. The van der Waals surface area contributed by atoms with Crippen molar-refractivity contribution >= 4 is 24.8 Å². The molecule has 118 valence electrons. The third-order valence-electron chi connectivity index (χ3n) is 4.29. The van der Waals surface area contributed by atoms with Crippen molar-refractivity contribution in [2.24, 2.45) is 0 Å². The molecule has 0 N–H and O–H groups in total. The fraction of sp³-hybridized carbons (Fsp3) is 0.174. The van der Waals surface area contributed by atoms with E-state index in [0.717, 1.165) is 0 Å². The van der Waals surface area contributed by atoms with E-state index in [1.165, 1.54) is 47.2 Å². The van der Waals surface area contributed by atoms with E-state index in [2.05, 4.69) is 54.6 Å². The Morgan fingerprint density at radius 3 is 1.54 bits per heavy atom. The third kappa shape index (κ3) is 4.71. The normalized spacial score (nSPS) is 13.3. The first-order chi connectivity index (χ1) is 11.8. The van der Waals surface area contributed by atoms with Crippen LogP contribution in [0.4, 0.5) is 0 Å². The molecule has 5 rings (SSSR count). The van der Waals surface area contributed by atoms with Crippen molar-refractivity contribution in [3.8, 4) is 0 Å². The average molecular weight is 390 g/mol. The van der Waals surface area contributed by atoms with Crippen LogP contribution in [0.5, 0.6) is 0 Å². The van der Waals surface area contributed by atoms with E-state index in [4.69, 9.17) is 0 Å². The van der Waals surface area contributed by atoms with Crippen molar-refractivity contribution < 1.29 is 24.2 Å². The fourth-order valence-corrected chi connectivity index (χ4v) is 3.90. The SMILES string of the molecule is [Zr+2]=[C]1CCCC1.c1cc[cH-]c1.c1ccc2c(c1)[cH-]c1ccccc12. The van der Waals surface area contributed by atoms with Gasteiger partial charge in [0.25, 0.3) is 0 Å². The summed E-state index contributed by atoms with van der Waals surface area (Å²) in [7, 11) is 0. The van der Waals surface area contributed by atoms with Crippen molar-refractivity contribution in [2.45, 2.75) is 25.7 Å². The molecule has 0 amide bonds. The maximum absolute atomic E-state index is 2.24. The molecular weight excluding hydrogens is 367 g/mol. The van der Waals surface area contributed by atoms with Gasteiger partial charge < -0.3 is 0 Å². The Hall–Kier alpha value is -1.59. The molecule has 1 saturated carbocycles. The quantitative estimate of drug-likeness (QED) is 0.305. The predicted octanol–water partition coefficient (Wildman–Crippen LogP) is 6.40. The Labute approximate surface area is 159 Å². The number of rotatable bonds is 0. The van der Waals surface area contributed by atoms with Crippen LogP contribution in [0, 0.1) is 0 Å². The van der Waals surface area contributed by atoms with Crippen LogP contribution in [0.2, 0.25) is 0 Å². The summed E-state index contributed by atoms with van der Waals surface area (Å²) in [4.78, 5) is 0. The average Bonchev–Trinajstić information content (AvgIpc) is 3.38. The van der Waals surface area contributed by atoms with Crippen LogP contribution in [-0.4, -0.2) is 3.21 Å². The van der Waals surface area contributed by atoms with E-state index < -0.39 is 0 Å². The molecule has 0 heterocycles. The van der Waals surface area contributed by atoms with E-state index in [1.807, 2.05) is 30.3 Å². The Balaban J connectivity index is 0.000000127. The zero-order valence-corrected chi connectivity index (χ0v) is 16.4. The minimum absolute atomic E-state index is 1.34. The number of hydrogen-bond donors (Lipinski definition) is 0. The second-order valence-corrected chi connectivity index (χ2v) is 7.83. The molecule has 1 aliphatic carbocycles. The van der Waals surface area contributed by atoms with Gasteiger partial charge in [-0.25, -0.2) is 12.1 Å². The summed E-state index contributed by atoms with van der Waals surface area (Å²) in [5, 5.41) is 5.39. The summed E-state index contributed by atoms with van der Waals surface area (Å²) < 4.78 is 1.79.